The smallest absolute Gasteiger partial charge is 0.416 e. The number of amides is 2. The number of rotatable bonds is 4. The number of hydrogen-bond acceptors (Lipinski definition) is 6. The summed E-state index contributed by atoms with van der Waals surface area (Å²) in [5.41, 5.74) is -3.32. The SMILES string of the molecule is CCOc1cccc([C@H]2C3=CC[C@@H]4C(=O)N(c5cc(C(F)(F)F)cc(C(F)(F)F)c5)C(=O)[C@@H]4[C@@H]3CC3=C2C(=O)C=C(C)C3=O)c1O. The molecule has 1 N–H and O–H groups in total. The number of Topliss-reactive ketones (excluding diaryl/α,β-unsaturated/α-hetero) is 1. The molecule has 2 aromatic rings. The molecule has 240 valence electrons. The Bertz CT molecular complexity index is 1780. The highest BCUT2D eigenvalue weighted by Gasteiger charge is 2.57. The number of alkyl halides is 6. The number of halogens is 6. The molecule has 1 aliphatic heterocycles. The van der Waals surface area contributed by atoms with Crippen LogP contribution in [0.4, 0.5) is 32.0 Å². The highest BCUT2D eigenvalue weighted by molar-refractivity contribution is 6.25. The van der Waals surface area contributed by atoms with Crippen molar-refractivity contribution in [2.45, 2.75) is 45.0 Å². The lowest BCUT2D eigenvalue weighted by Crippen LogP contribution is -2.39. The fraction of sp³-hybridized carbons (Fsp3) is 0.333. The summed E-state index contributed by atoms with van der Waals surface area (Å²) in [6.07, 6.45) is -7.92. The number of imide groups is 1. The average Bonchev–Trinajstić information content (AvgIpc) is 3.24. The summed E-state index contributed by atoms with van der Waals surface area (Å²) in [6, 6.07) is 5.17. The van der Waals surface area contributed by atoms with Crippen molar-refractivity contribution in [2.24, 2.45) is 17.8 Å². The molecule has 0 saturated carbocycles. The van der Waals surface area contributed by atoms with Gasteiger partial charge in [-0.1, -0.05) is 23.8 Å². The van der Waals surface area contributed by atoms with Crippen LogP contribution in [-0.4, -0.2) is 35.1 Å². The van der Waals surface area contributed by atoms with E-state index in [0.29, 0.717) is 22.6 Å². The molecule has 0 spiro atoms. The zero-order valence-electron chi connectivity index (χ0n) is 24.3. The molecule has 2 amide bonds. The number of ether oxygens (including phenoxy) is 1. The summed E-state index contributed by atoms with van der Waals surface area (Å²) in [7, 11) is 0. The summed E-state index contributed by atoms with van der Waals surface area (Å²) in [5, 5.41) is 11.2. The Kier molecular flexibility index (Phi) is 7.28. The van der Waals surface area contributed by atoms with Crippen LogP contribution in [0.25, 0.3) is 0 Å². The Balaban J connectivity index is 1.49. The van der Waals surface area contributed by atoms with Crippen LogP contribution in [-0.2, 0) is 31.5 Å². The van der Waals surface area contributed by atoms with Crippen LogP contribution in [0.15, 0.2) is 70.8 Å². The predicted octanol–water partition coefficient (Wildman–Crippen LogP) is 6.46. The first-order valence-electron chi connectivity index (χ1n) is 14.4. The molecule has 13 heteroatoms. The molecule has 2 aromatic carbocycles. The maximum atomic E-state index is 14.0. The summed E-state index contributed by atoms with van der Waals surface area (Å²) in [6.45, 7) is 3.34. The van der Waals surface area contributed by atoms with Crippen molar-refractivity contribution in [1.29, 1.82) is 0 Å². The monoisotopic (exact) mass is 645 g/mol. The summed E-state index contributed by atoms with van der Waals surface area (Å²) in [5.74, 6) is -7.57. The number of fused-ring (bicyclic) bond motifs is 3. The normalized spacial score (nSPS) is 24.8. The average molecular weight is 646 g/mol. The van der Waals surface area contributed by atoms with Gasteiger partial charge in [-0.05, 0) is 62.9 Å². The van der Waals surface area contributed by atoms with Crippen molar-refractivity contribution in [3.8, 4) is 11.5 Å². The lowest BCUT2D eigenvalue weighted by atomic mass is 9.59. The number of carbonyl (C=O) groups is 4. The van der Waals surface area contributed by atoms with E-state index in [-0.39, 0.29) is 59.3 Å². The van der Waals surface area contributed by atoms with Crippen molar-refractivity contribution in [2.75, 3.05) is 11.5 Å². The van der Waals surface area contributed by atoms with E-state index in [0.717, 1.165) is 0 Å². The van der Waals surface area contributed by atoms with Crippen LogP contribution in [0, 0.1) is 17.8 Å². The minimum Gasteiger partial charge on any atom is -0.504 e. The first-order valence-corrected chi connectivity index (χ1v) is 14.4. The first-order chi connectivity index (χ1) is 21.5. The molecule has 6 rings (SSSR count). The maximum Gasteiger partial charge on any atom is 0.416 e. The second-order valence-electron chi connectivity index (χ2n) is 11.6. The fourth-order valence-corrected chi connectivity index (χ4v) is 7.10. The number of anilines is 1. The molecule has 1 fully saturated rings. The van der Waals surface area contributed by atoms with Crippen LogP contribution < -0.4 is 9.64 Å². The third kappa shape index (κ3) is 4.83. The minimum absolute atomic E-state index is 0.0659. The van der Waals surface area contributed by atoms with Gasteiger partial charge in [-0.3, -0.25) is 19.2 Å². The molecule has 0 unspecified atom stereocenters. The third-order valence-electron chi connectivity index (χ3n) is 9.03. The number of ketones is 2. The van der Waals surface area contributed by atoms with Crippen LogP contribution in [0.3, 0.4) is 0 Å². The number of allylic oxidation sites excluding steroid dienone is 6. The van der Waals surface area contributed by atoms with Gasteiger partial charge in [0, 0.05) is 28.2 Å². The van der Waals surface area contributed by atoms with Gasteiger partial charge < -0.3 is 9.84 Å². The Labute approximate surface area is 257 Å². The van der Waals surface area contributed by atoms with Crippen LogP contribution in [0.5, 0.6) is 11.5 Å². The molecule has 4 aliphatic rings. The molecular formula is C33H25F6NO6. The predicted molar refractivity (Wildman–Crippen MR) is 150 cm³/mol. The number of phenolic OH excluding ortho intramolecular Hbond substituents is 1. The van der Waals surface area contributed by atoms with Crippen LogP contribution in [0.1, 0.15) is 49.3 Å². The molecule has 1 heterocycles. The Hall–Kier alpha value is -4.68. The second-order valence-corrected chi connectivity index (χ2v) is 11.6. The van der Waals surface area contributed by atoms with Gasteiger partial charge >= 0.3 is 12.4 Å². The number of carbonyl (C=O) groups excluding carboxylic acids is 4. The Morgan fingerprint density at radius 3 is 2.20 bits per heavy atom. The molecule has 7 nitrogen and oxygen atoms in total. The number of hydrogen-bond donors (Lipinski definition) is 1. The van der Waals surface area contributed by atoms with Crippen molar-refractivity contribution >= 4 is 29.1 Å². The molecule has 0 aromatic heterocycles. The summed E-state index contributed by atoms with van der Waals surface area (Å²) >= 11 is 0. The molecule has 0 bridgehead atoms. The van der Waals surface area contributed by atoms with E-state index in [1.54, 1.807) is 19.1 Å². The van der Waals surface area contributed by atoms with Gasteiger partial charge in [0.15, 0.2) is 23.1 Å². The number of benzene rings is 2. The number of phenols is 1. The largest absolute Gasteiger partial charge is 0.504 e. The van der Waals surface area contributed by atoms with Crippen LogP contribution in [0.2, 0.25) is 0 Å². The van der Waals surface area contributed by atoms with E-state index in [1.807, 2.05) is 0 Å². The van der Waals surface area contributed by atoms with Crippen molar-refractivity contribution in [3.05, 3.63) is 87.5 Å². The van der Waals surface area contributed by atoms with Crippen molar-refractivity contribution in [3.63, 3.8) is 0 Å². The van der Waals surface area contributed by atoms with Crippen molar-refractivity contribution < 1.29 is 55.4 Å². The molecular weight excluding hydrogens is 620 g/mol. The van der Waals surface area contributed by atoms with E-state index in [2.05, 4.69) is 0 Å². The highest BCUT2D eigenvalue weighted by Crippen LogP contribution is 2.57. The number of para-hydroxylation sites is 1. The molecule has 4 atom stereocenters. The van der Waals surface area contributed by atoms with Gasteiger partial charge in [0.2, 0.25) is 11.8 Å². The molecule has 46 heavy (non-hydrogen) atoms. The van der Waals surface area contributed by atoms with Gasteiger partial charge in [-0.2, -0.15) is 26.3 Å². The standard InChI is InChI=1S/C33H25F6NO6/c1-3-46-24-6-4-5-19(29(24)43)25-18-7-8-20-26(21(18)13-22-27(25)23(41)9-14(2)28(22)42)31(45)40(30(20)44)17-11-15(32(34,35)36)10-16(12-17)33(37,38)39/h4-7,9-12,20-21,25-26,43H,3,8,13H2,1-2H3/t20-,21+,25+,26-/m0/s1. The first kappa shape index (κ1) is 31.3. The van der Waals surface area contributed by atoms with Gasteiger partial charge in [-0.15, -0.1) is 0 Å². The maximum absolute atomic E-state index is 14.0. The fourth-order valence-electron chi connectivity index (χ4n) is 7.10. The summed E-state index contributed by atoms with van der Waals surface area (Å²) in [4.78, 5) is 54.9. The van der Waals surface area contributed by atoms with Gasteiger partial charge in [-0.25, -0.2) is 4.90 Å². The summed E-state index contributed by atoms with van der Waals surface area (Å²) < 4.78 is 87.4. The zero-order chi connectivity index (χ0) is 33.5. The number of nitrogens with zero attached hydrogens (tertiary/aromatic N) is 1. The minimum atomic E-state index is -5.21. The van der Waals surface area contributed by atoms with Gasteiger partial charge in [0.1, 0.15) is 0 Å². The highest BCUT2D eigenvalue weighted by atomic mass is 19.4. The zero-order valence-corrected chi connectivity index (χ0v) is 24.3. The van der Waals surface area contributed by atoms with E-state index in [9.17, 15) is 50.6 Å². The number of aromatic hydroxyl groups is 1. The lowest BCUT2D eigenvalue weighted by molar-refractivity contribution is -0.143. The van der Waals surface area contributed by atoms with E-state index in [1.165, 1.54) is 25.1 Å². The molecule has 3 aliphatic carbocycles. The van der Waals surface area contributed by atoms with E-state index < -0.39 is 76.2 Å². The van der Waals surface area contributed by atoms with Gasteiger partial charge in [0.05, 0.1) is 35.3 Å². The molecule has 0 radical (unpaired) electrons. The van der Waals surface area contributed by atoms with Crippen LogP contribution >= 0.6 is 0 Å². The quantitative estimate of drug-likeness (QED) is 0.177. The topological polar surface area (TPSA) is 101 Å². The molecule has 1 saturated heterocycles. The Morgan fingerprint density at radius 2 is 1.59 bits per heavy atom. The van der Waals surface area contributed by atoms with Gasteiger partial charge in [0.25, 0.3) is 0 Å². The Morgan fingerprint density at radius 1 is 0.935 bits per heavy atom. The third-order valence-corrected chi connectivity index (χ3v) is 9.03. The van der Waals surface area contributed by atoms with E-state index in [4.69, 9.17) is 4.74 Å². The lowest BCUT2D eigenvalue weighted by Gasteiger charge is -2.42. The van der Waals surface area contributed by atoms with E-state index >= 15 is 0 Å². The van der Waals surface area contributed by atoms with Crippen molar-refractivity contribution in [1.82, 2.24) is 0 Å². The second kappa shape index (κ2) is 10.7.